The molecule has 0 radical (unpaired) electrons. The van der Waals surface area contributed by atoms with Crippen LogP contribution in [0, 0.1) is 0 Å². The van der Waals surface area contributed by atoms with Crippen LogP contribution in [0.3, 0.4) is 0 Å². The minimum Gasteiger partial charge on any atom is -0.454 e. The summed E-state index contributed by atoms with van der Waals surface area (Å²) in [7, 11) is 0. The summed E-state index contributed by atoms with van der Waals surface area (Å²) >= 11 is 6.22. The molecule has 2 aliphatic rings. The Morgan fingerprint density at radius 2 is 2.09 bits per heavy atom. The van der Waals surface area contributed by atoms with Gasteiger partial charge >= 0.3 is 0 Å². The molecule has 2 aromatic rings. The highest BCUT2D eigenvalue weighted by atomic mass is 35.5. The van der Waals surface area contributed by atoms with Crippen LogP contribution < -0.4 is 14.4 Å². The third-order valence-corrected chi connectivity index (χ3v) is 4.70. The molecular weight excluding hydrogens is 314 g/mol. The predicted molar refractivity (Wildman–Crippen MR) is 88.6 cm³/mol. The fraction of sp³-hybridized carbons (Fsp3) is 0.278. The molecule has 2 aromatic carbocycles. The molecule has 1 amide bonds. The topological polar surface area (TPSA) is 38.8 Å². The third kappa shape index (κ3) is 2.34. The van der Waals surface area contributed by atoms with Crippen molar-refractivity contribution in [3.63, 3.8) is 0 Å². The first-order valence-corrected chi connectivity index (χ1v) is 8.03. The van der Waals surface area contributed by atoms with Crippen molar-refractivity contribution in [2.45, 2.75) is 25.8 Å². The van der Waals surface area contributed by atoms with Gasteiger partial charge in [0.2, 0.25) is 6.79 Å². The monoisotopic (exact) mass is 329 g/mol. The maximum atomic E-state index is 13.1. The highest BCUT2D eigenvalue weighted by Gasteiger charge is 2.30. The quantitative estimate of drug-likeness (QED) is 0.792. The summed E-state index contributed by atoms with van der Waals surface area (Å²) in [5, 5.41) is 0.404. The smallest absolute Gasteiger partial charge is 0.258 e. The average Bonchev–Trinajstić information content (AvgIpc) is 3.03. The molecule has 0 saturated carbocycles. The third-order valence-electron chi connectivity index (χ3n) is 4.42. The largest absolute Gasteiger partial charge is 0.454 e. The molecule has 2 heterocycles. The highest BCUT2D eigenvalue weighted by molar-refractivity contribution is 6.33. The average molecular weight is 330 g/mol. The molecule has 0 aromatic heterocycles. The summed E-state index contributed by atoms with van der Waals surface area (Å²) in [6.07, 6.45) is 1.93. The maximum Gasteiger partial charge on any atom is 0.258 e. The zero-order valence-corrected chi connectivity index (χ0v) is 13.5. The summed E-state index contributed by atoms with van der Waals surface area (Å²) in [6, 6.07) is 11.5. The number of amides is 1. The molecule has 0 spiro atoms. The lowest BCUT2D eigenvalue weighted by Crippen LogP contribution is -2.42. The number of rotatable bonds is 1. The van der Waals surface area contributed by atoms with E-state index in [2.05, 4.69) is 13.0 Å². The van der Waals surface area contributed by atoms with Gasteiger partial charge in [-0.05, 0) is 43.5 Å². The van der Waals surface area contributed by atoms with Gasteiger partial charge in [0.1, 0.15) is 0 Å². The number of nitrogens with zero attached hydrogens (tertiary/aromatic N) is 1. The standard InChI is InChI=1S/C18H16ClNO3/c1-11-6-7-12-4-2-3-5-15(12)20(11)18(21)13-8-14(19)17-16(9-13)22-10-23-17/h2-5,8-9,11H,6-7,10H2,1H3. The van der Waals surface area contributed by atoms with Gasteiger partial charge in [-0.1, -0.05) is 29.8 Å². The van der Waals surface area contributed by atoms with Crippen molar-refractivity contribution in [3.8, 4) is 11.5 Å². The minimum absolute atomic E-state index is 0.0650. The van der Waals surface area contributed by atoms with E-state index < -0.39 is 0 Å². The molecule has 4 nitrogen and oxygen atoms in total. The number of aryl methyl sites for hydroxylation is 1. The molecule has 5 heteroatoms. The van der Waals surface area contributed by atoms with Crippen LogP contribution in [0.1, 0.15) is 29.3 Å². The number of halogens is 1. The maximum absolute atomic E-state index is 13.1. The molecule has 4 rings (SSSR count). The first-order chi connectivity index (χ1) is 11.1. The minimum atomic E-state index is -0.0650. The van der Waals surface area contributed by atoms with E-state index in [4.69, 9.17) is 21.1 Å². The van der Waals surface area contributed by atoms with E-state index in [1.807, 2.05) is 23.1 Å². The first kappa shape index (κ1) is 14.4. The Morgan fingerprint density at radius 1 is 1.26 bits per heavy atom. The number of hydrogen-bond acceptors (Lipinski definition) is 3. The molecule has 0 N–H and O–H groups in total. The number of anilines is 1. The van der Waals surface area contributed by atoms with Gasteiger partial charge in [0.15, 0.2) is 11.5 Å². The molecule has 0 aliphatic carbocycles. The second-order valence-corrected chi connectivity index (χ2v) is 6.29. The molecule has 0 bridgehead atoms. The van der Waals surface area contributed by atoms with E-state index in [9.17, 15) is 4.79 Å². The molecule has 2 aliphatic heterocycles. The van der Waals surface area contributed by atoms with Crippen LogP contribution in [0.4, 0.5) is 5.69 Å². The Hall–Kier alpha value is -2.20. The van der Waals surface area contributed by atoms with Gasteiger partial charge in [0.25, 0.3) is 5.91 Å². The summed E-state index contributed by atoms with van der Waals surface area (Å²) in [5.41, 5.74) is 2.69. The predicted octanol–water partition coefficient (Wildman–Crippen LogP) is 4.05. The highest BCUT2D eigenvalue weighted by Crippen LogP contribution is 2.41. The van der Waals surface area contributed by atoms with Crippen LogP contribution in [0.5, 0.6) is 11.5 Å². The van der Waals surface area contributed by atoms with Crippen molar-refractivity contribution >= 4 is 23.2 Å². The van der Waals surface area contributed by atoms with Crippen molar-refractivity contribution in [1.29, 1.82) is 0 Å². The van der Waals surface area contributed by atoms with Gasteiger partial charge in [-0.25, -0.2) is 0 Å². The second kappa shape index (κ2) is 5.46. The molecule has 118 valence electrons. The van der Waals surface area contributed by atoms with Crippen LogP contribution in [0.2, 0.25) is 5.02 Å². The lowest BCUT2D eigenvalue weighted by Gasteiger charge is -2.35. The van der Waals surface area contributed by atoms with E-state index in [0.717, 1.165) is 18.5 Å². The number of ether oxygens (including phenoxy) is 2. The summed E-state index contributed by atoms with van der Waals surface area (Å²) in [4.78, 5) is 14.9. The lowest BCUT2D eigenvalue weighted by molar-refractivity contribution is 0.0974. The van der Waals surface area contributed by atoms with Crippen molar-refractivity contribution in [2.24, 2.45) is 0 Å². The van der Waals surface area contributed by atoms with Crippen molar-refractivity contribution in [3.05, 3.63) is 52.5 Å². The number of benzene rings is 2. The Kier molecular flexibility index (Phi) is 3.42. The summed E-state index contributed by atoms with van der Waals surface area (Å²) < 4.78 is 10.7. The number of para-hydroxylation sites is 1. The van der Waals surface area contributed by atoms with E-state index >= 15 is 0 Å². The van der Waals surface area contributed by atoms with Gasteiger partial charge in [0.05, 0.1) is 5.02 Å². The summed E-state index contributed by atoms with van der Waals surface area (Å²) in [5.74, 6) is 0.971. The zero-order valence-electron chi connectivity index (χ0n) is 12.7. The first-order valence-electron chi connectivity index (χ1n) is 7.66. The summed E-state index contributed by atoms with van der Waals surface area (Å²) in [6.45, 7) is 2.21. The Morgan fingerprint density at radius 3 is 2.96 bits per heavy atom. The van der Waals surface area contributed by atoms with Crippen LogP contribution in [-0.2, 0) is 6.42 Å². The lowest BCUT2D eigenvalue weighted by atomic mass is 9.95. The van der Waals surface area contributed by atoms with E-state index in [1.165, 1.54) is 5.56 Å². The van der Waals surface area contributed by atoms with Crippen LogP contribution in [0.25, 0.3) is 0 Å². The molecule has 0 fully saturated rings. The molecule has 1 atom stereocenters. The van der Waals surface area contributed by atoms with Crippen LogP contribution in [-0.4, -0.2) is 18.7 Å². The van der Waals surface area contributed by atoms with Gasteiger partial charge in [-0.15, -0.1) is 0 Å². The Bertz CT molecular complexity index is 790. The molecule has 1 unspecified atom stereocenters. The molecule has 23 heavy (non-hydrogen) atoms. The number of fused-ring (bicyclic) bond motifs is 2. The van der Waals surface area contributed by atoms with Crippen LogP contribution in [0.15, 0.2) is 36.4 Å². The van der Waals surface area contributed by atoms with Gasteiger partial charge < -0.3 is 14.4 Å². The van der Waals surface area contributed by atoms with Crippen molar-refractivity contribution < 1.29 is 14.3 Å². The SMILES string of the molecule is CC1CCc2ccccc2N1C(=O)c1cc(Cl)c2c(c1)OCO2. The molecule has 0 saturated heterocycles. The Balaban J connectivity index is 1.76. The fourth-order valence-electron chi connectivity index (χ4n) is 3.23. The van der Waals surface area contributed by atoms with E-state index in [1.54, 1.807) is 12.1 Å². The fourth-order valence-corrected chi connectivity index (χ4v) is 3.49. The van der Waals surface area contributed by atoms with Gasteiger partial charge in [-0.3, -0.25) is 4.79 Å². The second-order valence-electron chi connectivity index (χ2n) is 5.88. The number of hydrogen-bond donors (Lipinski definition) is 0. The van der Waals surface area contributed by atoms with Crippen molar-refractivity contribution in [1.82, 2.24) is 0 Å². The molecular formula is C18H16ClNO3. The van der Waals surface area contributed by atoms with E-state index in [0.29, 0.717) is 22.1 Å². The van der Waals surface area contributed by atoms with Gasteiger partial charge in [-0.2, -0.15) is 0 Å². The van der Waals surface area contributed by atoms with Crippen molar-refractivity contribution in [2.75, 3.05) is 11.7 Å². The number of carbonyl (C=O) groups excluding carboxylic acids is 1. The van der Waals surface area contributed by atoms with Crippen LogP contribution >= 0.6 is 11.6 Å². The zero-order chi connectivity index (χ0) is 16.0. The van der Waals surface area contributed by atoms with Gasteiger partial charge in [0, 0.05) is 17.3 Å². The number of carbonyl (C=O) groups is 1. The van der Waals surface area contributed by atoms with E-state index in [-0.39, 0.29) is 18.7 Å². The normalized spacial score (nSPS) is 18.7. The Labute approximate surface area is 139 Å².